The number of nitrogens with one attached hydrogen (secondary N) is 1. The smallest absolute Gasteiger partial charge is 0.223 e. The highest BCUT2D eigenvalue weighted by Crippen LogP contribution is 2.37. The van der Waals surface area contributed by atoms with E-state index in [2.05, 4.69) is 17.1 Å². The average Bonchev–Trinajstić information content (AvgIpc) is 3.27. The summed E-state index contributed by atoms with van der Waals surface area (Å²) in [5, 5.41) is 13.8. The molecule has 0 spiro atoms. The van der Waals surface area contributed by atoms with Gasteiger partial charge in [0.05, 0.1) is 5.60 Å². The number of amides is 1. The lowest BCUT2D eigenvalue weighted by molar-refractivity contribution is -0.122. The van der Waals surface area contributed by atoms with Crippen LogP contribution in [0, 0.1) is 17.7 Å². The molecule has 1 saturated heterocycles. The van der Waals surface area contributed by atoms with Gasteiger partial charge in [0, 0.05) is 32.1 Å². The number of hydrogen-bond donors (Lipinski definition) is 2. The third-order valence-electron chi connectivity index (χ3n) is 5.24. The topological polar surface area (TPSA) is 52.6 Å². The van der Waals surface area contributed by atoms with E-state index in [1.165, 1.54) is 12.1 Å². The molecule has 5 heteroatoms. The number of rotatable bonds is 5. The summed E-state index contributed by atoms with van der Waals surface area (Å²) in [6.45, 7) is 5.14. The molecule has 126 valence electrons. The molecule has 1 heterocycles. The second-order valence-corrected chi connectivity index (χ2v) is 6.99. The molecule has 0 bridgehead atoms. The van der Waals surface area contributed by atoms with Crippen LogP contribution in [0.3, 0.4) is 0 Å². The van der Waals surface area contributed by atoms with E-state index >= 15 is 0 Å². The third kappa shape index (κ3) is 3.90. The quantitative estimate of drug-likeness (QED) is 0.871. The average molecular weight is 320 g/mol. The summed E-state index contributed by atoms with van der Waals surface area (Å²) in [7, 11) is 0. The fourth-order valence-corrected chi connectivity index (χ4v) is 3.35. The van der Waals surface area contributed by atoms with E-state index in [9.17, 15) is 14.3 Å². The van der Waals surface area contributed by atoms with Crippen molar-refractivity contribution in [2.45, 2.75) is 31.8 Å². The predicted octanol–water partition coefficient (Wildman–Crippen LogP) is 1.88. The molecular formula is C18H25FN2O2. The Labute approximate surface area is 136 Å². The van der Waals surface area contributed by atoms with Crippen LogP contribution in [-0.4, -0.2) is 42.1 Å². The maximum Gasteiger partial charge on any atom is 0.223 e. The van der Waals surface area contributed by atoms with E-state index in [0.717, 1.165) is 31.6 Å². The molecule has 1 aliphatic carbocycles. The van der Waals surface area contributed by atoms with E-state index < -0.39 is 5.60 Å². The molecule has 0 aromatic heterocycles. The molecule has 2 atom stereocenters. The molecule has 2 N–H and O–H groups in total. The van der Waals surface area contributed by atoms with Crippen molar-refractivity contribution in [1.29, 1.82) is 0 Å². The minimum Gasteiger partial charge on any atom is -0.385 e. The van der Waals surface area contributed by atoms with Crippen LogP contribution in [0.25, 0.3) is 0 Å². The summed E-state index contributed by atoms with van der Waals surface area (Å²) in [4.78, 5) is 14.0. The van der Waals surface area contributed by atoms with Gasteiger partial charge in [-0.05, 0) is 42.9 Å². The van der Waals surface area contributed by atoms with Gasteiger partial charge in [-0.1, -0.05) is 19.1 Å². The first-order valence-electron chi connectivity index (χ1n) is 8.46. The maximum absolute atomic E-state index is 13.0. The fourth-order valence-electron chi connectivity index (χ4n) is 3.35. The summed E-state index contributed by atoms with van der Waals surface area (Å²) in [6.07, 6.45) is 2.28. The molecule has 1 aliphatic heterocycles. The summed E-state index contributed by atoms with van der Waals surface area (Å²) in [5.74, 6) is 0.656. The largest absolute Gasteiger partial charge is 0.385 e. The van der Waals surface area contributed by atoms with E-state index in [-0.39, 0.29) is 17.6 Å². The first-order chi connectivity index (χ1) is 11.0. The van der Waals surface area contributed by atoms with E-state index in [1.54, 1.807) is 12.1 Å². The highest BCUT2D eigenvalue weighted by Gasteiger charge is 2.39. The Hall–Kier alpha value is -1.46. The van der Waals surface area contributed by atoms with Crippen LogP contribution >= 0.6 is 0 Å². The van der Waals surface area contributed by atoms with Crippen molar-refractivity contribution in [3.63, 3.8) is 0 Å². The third-order valence-corrected chi connectivity index (χ3v) is 5.24. The van der Waals surface area contributed by atoms with Gasteiger partial charge < -0.3 is 15.3 Å². The molecule has 1 aromatic carbocycles. The predicted molar refractivity (Wildman–Crippen MR) is 86.3 cm³/mol. The van der Waals surface area contributed by atoms with Crippen LogP contribution < -0.4 is 5.32 Å². The van der Waals surface area contributed by atoms with Crippen molar-refractivity contribution >= 4 is 5.91 Å². The molecule has 3 rings (SSSR count). The van der Waals surface area contributed by atoms with Gasteiger partial charge in [-0.3, -0.25) is 4.79 Å². The second-order valence-electron chi connectivity index (χ2n) is 6.99. The van der Waals surface area contributed by atoms with E-state index in [1.807, 2.05) is 0 Å². The van der Waals surface area contributed by atoms with Crippen LogP contribution in [0.4, 0.5) is 4.39 Å². The van der Waals surface area contributed by atoms with Gasteiger partial charge in [0.25, 0.3) is 0 Å². The van der Waals surface area contributed by atoms with Gasteiger partial charge in [-0.2, -0.15) is 0 Å². The minimum absolute atomic E-state index is 0.178. The number of carbonyl (C=O) groups is 1. The number of carbonyl (C=O) groups excluding carboxylic acids is 1. The molecule has 2 aliphatic rings. The number of piperidine rings is 1. The van der Waals surface area contributed by atoms with Crippen LogP contribution in [-0.2, 0) is 10.4 Å². The number of halogens is 1. The molecule has 0 unspecified atom stereocenters. The molecule has 0 radical (unpaired) electrons. The highest BCUT2D eigenvalue weighted by molar-refractivity contribution is 5.81. The van der Waals surface area contributed by atoms with Crippen molar-refractivity contribution in [2.75, 3.05) is 26.2 Å². The van der Waals surface area contributed by atoms with Gasteiger partial charge >= 0.3 is 0 Å². The van der Waals surface area contributed by atoms with E-state index in [0.29, 0.717) is 25.3 Å². The van der Waals surface area contributed by atoms with E-state index in [4.69, 9.17) is 0 Å². The Balaban J connectivity index is 1.43. The van der Waals surface area contributed by atoms with Gasteiger partial charge in [-0.25, -0.2) is 4.39 Å². The number of nitrogens with zero attached hydrogens (tertiary/aromatic N) is 1. The Morgan fingerprint density at radius 3 is 2.52 bits per heavy atom. The zero-order valence-corrected chi connectivity index (χ0v) is 13.6. The zero-order valence-electron chi connectivity index (χ0n) is 13.6. The monoisotopic (exact) mass is 320 g/mol. The SMILES string of the molecule is C[C@H]1C[C@@H]1C(=O)NCCN1CCC(O)(c2ccc(F)cc2)CC1. The molecule has 2 fully saturated rings. The Morgan fingerprint density at radius 1 is 1.35 bits per heavy atom. The maximum atomic E-state index is 13.0. The van der Waals surface area contributed by atoms with Crippen LogP contribution in [0.15, 0.2) is 24.3 Å². The normalized spacial score (nSPS) is 26.7. The number of hydrogen-bond acceptors (Lipinski definition) is 3. The number of likely N-dealkylation sites (tertiary alicyclic amines) is 1. The molecule has 23 heavy (non-hydrogen) atoms. The fraction of sp³-hybridized carbons (Fsp3) is 0.611. The van der Waals surface area contributed by atoms with Crippen molar-refractivity contribution in [3.05, 3.63) is 35.6 Å². The summed E-state index contributed by atoms with van der Waals surface area (Å²) in [5.41, 5.74) is -0.0776. The number of aliphatic hydroxyl groups is 1. The minimum atomic E-state index is -0.864. The van der Waals surface area contributed by atoms with Crippen molar-refractivity contribution < 1.29 is 14.3 Å². The first-order valence-corrected chi connectivity index (χ1v) is 8.46. The van der Waals surface area contributed by atoms with Crippen LogP contribution in [0.2, 0.25) is 0 Å². The van der Waals surface area contributed by atoms with Crippen LogP contribution in [0.5, 0.6) is 0 Å². The van der Waals surface area contributed by atoms with Gasteiger partial charge in [0.1, 0.15) is 5.82 Å². The molecule has 1 saturated carbocycles. The lowest BCUT2D eigenvalue weighted by Crippen LogP contribution is -2.45. The Bertz CT molecular complexity index is 553. The molecular weight excluding hydrogens is 295 g/mol. The first kappa shape index (κ1) is 16.4. The summed E-state index contributed by atoms with van der Waals surface area (Å²) in [6, 6.07) is 6.13. The summed E-state index contributed by atoms with van der Waals surface area (Å²) < 4.78 is 13.0. The summed E-state index contributed by atoms with van der Waals surface area (Å²) >= 11 is 0. The zero-order chi connectivity index (χ0) is 16.4. The van der Waals surface area contributed by atoms with Gasteiger partial charge in [0.2, 0.25) is 5.91 Å². The lowest BCUT2D eigenvalue weighted by atomic mass is 9.84. The Kier molecular flexibility index (Phi) is 4.69. The van der Waals surface area contributed by atoms with Crippen LogP contribution in [0.1, 0.15) is 31.7 Å². The Morgan fingerprint density at radius 2 is 1.96 bits per heavy atom. The van der Waals surface area contributed by atoms with Crippen molar-refractivity contribution in [3.8, 4) is 0 Å². The number of benzene rings is 1. The molecule has 1 amide bonds. The molecule has 1 aromatic rings. The van der Waals surface area contributed by atoms with Crippen molar-refractivity contribution in [2.24, 2.45) is 11.8 Å². The second kappa shape index (κ2) is 6.57. The lowest BCUT2D eigenvalue weighted by Gasteiger charge is -2.38. The standard InChI is InChI=1S/C18H25FN2O2/c1-13-12-16(13)17(22)20-8-11-21-9-6-18(23,7-10-21)14-2-4-15(19)5-3-14/h2-5,13,16,23H,6-12H2,1H3,(H,20,22)/t13-,16-/m0/s1. The van der Waals surface area contributed by atoms with Crippen molar-refractivity contribution in [1.82, 2.24) is 10.2 Å². The highest BCUT2D eigenvalue weighted by atomic mass is 19.1. The van der Waals surface area contributed by atoms with Gasteiger partial charge in [0.15, 0.2) is 0 Å². The molecule has 4 nitrogen and oxygen atoms in total. The van der Waals surface area contributed by atoms with Gasteiger partial charge in [-0.15, -0.1) is 0 Å².